The maximum absolute atomic E-state index is 4.12. The smallest absolute Gasteiger partial charge is 0.0721 e. The zero-order valence-corrected chi connectivity index (χ0v) is 11.2. The van der Waals surface area contributed by atoms with Gasteiger partial charge in [-0.2, -0.15) is 0 Å². The Morgan fingerprint density at radius 1 is 1.25 bits per heavy atom. The zero-order valence-electron chi connectivity index (χ0n) is 9.57. The van der Waals surface area contributed by atoms with Gasteiger partial charge in [0.2, 0.25) is 0 Å². The predicted molar refractivity (Wildman–Crippen MR) is 72.1 cm³/mol. The monoisotopic (exact) mass is 278 g/mol. The average molecular weight is 279 g/mol. The van der Waals surface area contributed by atoms with Crippen molar-refractivity contribution in [3.63, 3.8) is 0 Å². The molecule has 84 valence electrons. The summed E-state index contributed by atoms with van der Waals surface area (Å²) in [6.07, 6.45) is 0.986. The molecule has 0 aliphatic carbocycles. The first-order chi connectivity index (χ1) is 7.66. The second-order valence-electron chi connectivity index (χ2n) is 3.73. The van der Waals surface area contributed by atoms with Gasteiger partial charge in [0.1, 0.15) is 0 Å². The lowest BCUT2D eigenvalue weighted by Gasteiger charge is -2.30. The molecule has 1 aliphatic rings. The maximum Gasteiger partial charge on any atom is 0.0721 e. The van der Waals surface area contributed by atoms with E-state index < -0.39 is 0 Å². The molecule has 0 saturated carbocycles. The number of hydrogen-bond acceptors (Lipinski definition) is 2. The Morgan fingerprint density at radius 2 is 1.88 bits per heavy atom. The third kappa shape index (κ3) is 1.65. The van der Waals surface area contributed by atoms with Crippen LogP contribution in [0.1, 0.15) is 13.3 Å². The molecular weight excluding hydrogens is 264 g/mol. The predicted octanol–water partition coefficient (Wildman–Crippen LogP) is 3.88. The highest BCUT2D eigenvalue weighted by atomic mass is 79.9. The molecule has 0 fully saturated rings. The van der Waals surface area contributed by atoms with E-state index in [2.05, 4.69) is 58.6 Å². The highest BCUT2D eigenvalue weighted by Crippen LogP contribution is 2.38. The summed E-state index contributed by atoms with van der Waals surface area (Å²) in [7, 11) is 2.06. The lowest BCUT2D eigenvalue weighted by atomic mass is 10.3. The van der Waals surface area contributed by atoms with Gasteiger partial charge in [0.15, 0.2) is 0 Å². The topological polar surface area (TPSA) is 6.48 Å². The Labute approximate surface area is 105 Å². The molecule has 1 aromatic carbocycles. The first-order valence-electron chi connectivity index (χ1n) is 5.33. The lowest BCUT2D eigenvalue weighted by molar-refractivity contribution is 0.425. The van der Waals surface area contributed by atoms with Gasteiger partial charge in [-0.25, -0.2) is 0 Å². The molecule has 1 aliphatic heterocycles. The van der Waals surface area contributed by atoms with Crippen molar-refractivity contribution in [1.29, 1.82) is 0 Å². The van der Waals surface area contributed by atoms with Gasteiger partial charge in [0.25, 0.3) is 0 Å². The van der Waals surface area contributed by atoms with E-state index in [0.29, 0.717) is 0 Å². The number of hydrazine groups is 1. The Bertz CT molecular complexity index is 437. The number of nitrogens with zero attached hydrogens (tertiary/aromatic N) is 2. The summed E-state index contributed by atoms with van der Waals surface area (Å²) < 4.78 is 1.10. The Balaban J connectivity index is 2.38. The zero-order chi connectivity index (χ0) is 11.7. The average Bonchev–Trinajstić information content (AvgIpc) is 2.51. The van der Waals surface area contributed by atoms with Crippen LogP contribution in [-0.4, -0.2) is 12.1 Å². The number of hydrogen-bond donors (Lipinski definition) is 0. The van der Waals surface area contributed by atoms with Crippen LogP contribution in [0.2, 0.25) is 0 Å². The third-order valence-electron chi connectivity index (χ3n) is 2.79. The number of benzene rings is 1. The van der Waals surface area contributed by atoms with E-state index in [1.165, 1.54) is 5.70 Å². The van der Waals surface area contributed by atoms with Crippen molar-refractivity contribution in [3.8, 4) is 0 Å². The maximum atomic E-state index is 4.12. The van der Waals surface area contributed by atoms with Crippen molar-refractivity contribution in [2.45, 2.75) is 13.3 Å². The molecule has 1 aromatic rings. The molecule has 0 unspecified atom stereocenters. The van der Waals surface area contributed by atoms with Crippen LogP contribution in [0.5, 0.6) is 0 Å². The van der Waals surface area contributed by atoms with E-state index in [9.17, 15) is 0 Å². The van der Waals surface area contributed by atoms with Crippen LogP contribution in [0.4, 0.5) is 5.69 Å². The molecule has 0 aromatic heterocycles. The van der Waals surface area contributed by atoms with Crippen molar-refractivity contribution >= 4 is 21.6 Å². The number of anilines is 1. The molecular formula is C13H15BrN2. The second-order valence-corrected chi connectivity index (χ2v) is 4.52. The van der Waals surface area contributed by atoms with Crippen LogP contribution in [0.3, 0.4) is 0 Å². The van der Waals surface area contributed by atoms with Gasteiger partial charge >= 0.3 is 0 Å². The Kier molecular flexibility index (Phi) is 3.06. The molecule has 0 radical (unpaired) electrons. The normalized spacial score (nSPS) is 16.3. The summed E-state index contributed by atoms with van der Waals surface area (Å²) in [6, 6.07) is 10.3. The van der Waals surface area contributed by atoms with Gasteiger partial charge in [-0.05, 0) is 34.5 Å². The molecule has 0 spiro atoms. The van der Waals surface area contributed by atoms with E-state index >= 15 is 0 Å². The molecule has 0 amide bonds. The summed E-state index contributed by atoms with van der Waals surface area (Å²) in [5.74, 6) is 0. The van der Waals surface area contributed by atoms with Crippen LogP contribution in [-0.2, 0) is 0 Å². The van der Waals surface area contributed by atoms with Crippen LogP contribution >= 0.6 is 15.9 Å². The fourth-order valence-corrected chi connectivity index (χ4v) is 2.69. The lowest BCUT2D eigenvalue weighted by Crippen LogP contribution is -2.32. The molecule has 0 atom stereocenters. The summed E-state index contributed by atoms with van der Waals surface area (Å²) in [4.78, 5) is 0. The van der Waals surface area contributed by atoms with Gasteiger partial charge < -0.3 is 0 Å². The summed E-state index contributed by atoms with van der Waals surface area (Å²) in [5.41, 5.74) is 3.38. The van der Waals surface area contributed by atoms with Crippen molar-refractivity contribution in [3.05, 3.63) is 52.8 Å². The number of para-hydroxylation sites is 1. The van der Waals surface area contributed by atoms with E-state index in [4.69, 9.17) is 0 Å². The standard InChI is InChI=1S/C13H15BrN2/c1-4-12-13(14)10(2)16(15(12)3)11-8-6-5-7-9-11/h5-9H,2,4H2,1,3H3. The first-order valence-corrected chi connectivity index (χ1v) is 6.12. The van der Waals surface area contributed by atoms with E-state index in [-0.39, 0.29) is 0 Å². The first kappa shape index (κ1) is 11.3. The third-order valence-corrected chi connectivity index (χ3v) is 3.70. The largest absolute Gasteiger partial charge is 0.287 e. The fraction of sp³-hybridized carbons (Fsp3) is 0.231. The molecule has 16 heavy (non-hydrogen) atoms. The molecule has 0 saturated heterocycles. The molecule has 3 heteroatoms. The minimum absolute atomic E-state index is 0.986. The van der Waals surface area contributed by atoms with Gasteiger partial charge in [-0.15, -0.1) is 0 Å². The number of halogens is 1. The van der Waals surface area contributed by atoms with Crippen molar-refractivity contribution in [2.24, 2.45) is 0 Å². The van der Waals surface area contributed by atoms with Gasteiger partial charge in [0.05, 0.1) is 21.6 Å². The quantitative estimate of drug-likeness (QED) is 0.810. The summed E-state index contributed by atoms with van der Waals surface area (Å²) in [6.45, 7) is 6.27. The number of rotatable bonds is 2. The van der Waals surface area contributed by atoms with Crippen LogP contribution in [0.25, 0.3) is 0 Å². The molecule has 1 heterocycles. The fourth-order valence-electron chi connectivity index (χ4n) is 1.99. The molecule has 0 N–H and O–H groups in total. The van der Waals surface area contributed by atoms with Gasteiger partial charge in [-0.1, -0.05) is 31.7 Å². The SMILES string of the molecule is C=C1C(Br)=C(CC)N(C)N1c1ccccc1. The Hall–Kier alpha value is -1.22. The van der Waals surface area contributed by atoms with Crippen molar-refractivity contribution < 1.29 is 0 Å². The van der Waals surface area contributed by atoms with Crippen LogP contribution < -0.4 is 5.01 Å². The van der Waals surface area contributed by atoms with Crippen molar-refractivity contribution in [2.75, 3.05) is 12.1 Å². The van der Waals surface area contributed by atoms with Gasteiger partial charge in [-0.3, -0.25) is 10.0 Å². The molecule has 2 rings (SSSR count). The van der Waals surface area contributed by atoms with E-state index in [1.807, 2.05) is 18.2 Å². The minimum atomic E-state index is 0.986. The van der Waals surface area contributed by atoms with Gasteiger partial charge in [0, 0.05) is 7.05 Å². The number of allylic oxidation sites excluding steroid dienone is 2. The van der Waals surface area contributed by atoms with Crippen LogP contribution in [0.15, 0.2) is 52.8 Å². The second kappa shape index (κ2) is 4.34. The molecule has 0 bridgehead atoms. The highest BCUT2D eigenvalue weighted by Gasteiger charge is 2.28. The highest BCUT2D eigenvalue weighted by molar-refractivity contribution is 9.12. The van der Waals surface area contributed by atoms with E-state index in [0.717, 1.165) is 22.3 Å². The minimum Gasteiger partial charge on any atom is -0.287 e. The van der Waals surface area contributed by atoms with Crippen LogP contribution in [0, 0.1) is 0 Å². The van der Waals surface area contributed by atoms with Crippen molar-refractivity contribution in [1.82, 2.24) is 5.01 Å². The Morgan fingerprint density at radius 3 is 2.38 bits per heavy atom. The summed E-state index contributed by atoms with van der Waals surface area (Å²) in [5, 5.41) is 4.25. The molecule has 2 nitrogen and oxygen atoms in total. The van der Waals surface area contributed by atoms with E-state index in [1.54, 1.807) is 0 Å². The summed E-state index contributed by atoms with van der Waals surface area (Å²) >= 11 is 3.61.